The Morgan fingerprint density at radius 1 is 1.29 bits per heavy atom. The van der Waals surface area contributed by atoms with Crippen molar-refractivity contribution in [2.24, 2.45) is 0 Å². The van der Waals surface area contributed by atoms with E-state index in [0.717, 1.165) is 12.7 Å². The molecule has 1 aromatic rings. The first-order valence-corrected chi connectivity index (χ1v) is 6.65. The molecule has 1 amide bonds. The molecule has 0 aliphatic rings. The fourth-order valence-corrected chi connectivity index (χ4v) is 1.70. The molecule has 0 saturated carbocycles. The maximum atomic E-state index is 11.6. The summed E-state index contributed by atoms with van der Waals surface area (Å²) in [7, 11) is -2.42. The maximum absolute atomic E-state index is 11.6. The molecule has 0 saturated heterocycles. The van der Waals surface area contributed by atoms with Crippen LogP contribution in [0.25, 0.3) is 0 Å². The van der Waals surface area contributed by atoms with Crippen LogP contribution in [0.2, 0.25) is 0 Å². The van der Waals surface area contributed by atoms with Crippen molar-refractivity contribution in [1.29, 1.82) is 0 Å². The Morgan fingerprint density at radius 3 is 2.41 bits per heavy atom. The largest absolute Gasteiger partial charge is 0.351 e. The SMILES string of the molecule is COS(=O)(=O)CCNC(=O)c1ccc(C)cc1. The summed E-state index contributed by atoms with van der Waals surface area (Å²) in [4.78, 5) is 11.6. The second-order valence-corrected chi connectivity index (χ2v) is 5.41. The van der Waals surface area contributed by atoms with E-state index in [1.54, 1.807) is 12.1 Å². The number of nitrogens with one attached hydrogen (secondary N) is 1. The van der Waals surface area contributed by atoms with Gasteiger partial charge >= 0.3 is 0 Å². The summed E-state index contributed by atoms with van der Waals surface area (Å²) in [6, 6.07) is 7.02. The molecule has 1 rings (SSSR count). The Balaban J connectivity index is 2.48. The highest BCUT2D eigenvalue weighted by Crippen LogP contribution is 2.02. The van der Waals surface area contributed by atoms with Gasteiger partial charge in [-0.25, -0.2) is 0 Å². The highest BCUT2D eigenvalue weighted by Gasteiger charge is 2.10. The van der Waals surface area contributed by atoms with Gasteiger partial charge in [-0.2, -0.15) is 8.42 Å². The first-order chi connectivity index (χ1) is 7.94. The highest BCUT2D eigenvalue weighted by atomic mass is 32.2. The normalized spacial score (nSPS) is 11.2. The lowest BCUT2D eigenvalue weighted by molar-refractivity contribution is 0.0956. The Labute approximate surface area is 101 Å². The van der Waals surface area contributed by atoms with Gasteiger partial charge in [0.15, 0.2) is 0 Å². The molecule has 0 aromatic heterocycles. The number of hydrogen-bond acceptors (Lipinski definition) is 4. The predicted molar refractivity (Wildman–Crippen MR) is 64.3 cm³/mol. The van der Waals surface area contributed by atoms with Gasteiger partial charge < -0.3 is 5.32 Å². The number of hydrogen-bond donors (Lipinski definition) is 1. The Morgan fingerprint density at radius 2 is 1.88 bits per heavy atom. The van der Waals surface area contributed by atoms with E-state index < -0.39 is 10.1 Å². The molecule has 0 radical (unpaired) electrons. The van der Waals surface area contributed by atoms with Crippen LogP contribution in [0.3, 0.4) is 0 Å². The van der Waals surface area contributed by atoms with E-state index in [1.807, 2.05) is 19.1 Å². The van der Waals surface area contributed by atoms with E-state index >= 15 is 0 Å². The smallest absolute Gasteiger partial charge is 0.268 e. The molecule has 17 heavy (non-hydrogen) atoms. The van der Waals surface area contributed by atoms with Crippen molar-refractivity contribution in [1.82, 2.24) is 5.32 Å². The maximum Gasteiger partial charge on any atom is 0.268 e. The van der Waals surface area contributed by atoms with E-state index in [9.17, 15) is 13.2 Å². The first-order valence-electron chi connectivity index (χ1n) is 5.08. The van der Waals surface area contributed by atoms with Crippen molar-refractivity contribution in [2.75, 3.05) is 19.4 Å². The summed E-state index contributed by atoms with van der Waals surface area (Å²) in [5.74, 6) is -0.530. The van der Waals surface area contributed by atoms with Crippen LogP contribution in [0.4, 0.5) is 0 Å². The molecule has 1 aromatic carbocycles. The second-order valence-electron chi connectivity index (χ2n) is 3.55. The van der Waals surface area contributed by atoms with E-state index in [0.29, 0.717) is 5.56 Å². The topological polar surface area (TPSA) is 72.5 Å². The van der Waals surface area contributed by atoms with E-state index in [-0.39, 0.29) is 18.2 Å². The van der Waals surface area contributed by atoms with Crippen LogP contribution in [0.1, 0.15) is 15.9 Å². The van der Waals surface area contributed by atoms with Crippen LogP contribution in [-0.4, -0.2) is 33.7 Å². The van der Waals surface area contributed by atoms with Crippen molar-refractivity contribution in [3.05, 3.63) is 35.4 Å². The summed E-state index contributed by atoms with van der Waals surface area (Å²) in [5.41, 5.74) is 1.56. The van der Waals surface area contributed by atoms with Gasteiger partial charge in [-0.15, -0.1) is 0 Å². The summed E-state index contributed by atoms with van der Waals surface area (Å²) < 4.78 is 26.2. The standard InChI is InChI=1S/C11H15NO4S/c1-9-3-5-10(6-4-9)11(13)12-7-8-17(14,15)16-2/h3-6H,7-8H2,1-2H3,(H,12,13). The Bertz CT molecular complexity index is 479. The van der Waals surface area contributed by atoms with E-state index in [4.69, 9.17) is 0 Å². The molecule has 1 N–H and O–H groups in total. The zero-order valence-corrected chi connectivity index (χ0v) is 10.6. The molecule has 0 aliphatic carbocycles. The molecule has 94 valence electrons. The van der Waals surface area contributed by atoms with E-state index in [1.165, 1.54) is 0 Å². The molecule has 5 nitrogen and oxygen atoms in total. The highest BCUT2D eigenvalue weighted by molar-refractivity contribution is 7.86. The monoisotopic (exact) mass is 257 g/mol. The van der Waals surface area contributed by atoms with Crippen LogP contribution in [0, 0.1) is 6.92 Å². The lowest BCUT2D eigenvalue weighted by Crippen LogP contribution is -2.29. The lowest BCUT2D eigenvalue weighted by Gasteiger charge is -2.05. The number of benzene rings is 1. The Hall–Kier alpha value is -1.40. The minimum absolute atomic E-state index is 0.0306. The molecular formula is C11H15NO4S. The van der Waals surface area contributed by atoms with Gasteiger partial charge in [-0.05, 0) is 19.1 Å². The fourth-order valence-electron chi connectivity index (χ4n) is 1.18. The quantitative estimate of drug-likeness (QED) is 0.788. The van der Waals surface area contributed by atoms with Crippen LogP contribution in [-0.2, 0) is 14.3 Å². The summed E-state index contributed by atoms with van der Waals surface area (Å²) >= 11 is 0. The number of amides is 1. The van der Waals surface area contributed by atoms with Crippen LogP contribution in [0.15, 0.2) is 24.3 Å². The van der Waals surface area contributed by atoms with Crippen LogP contribution < -0.4 is 5.32 Å². The number of carbonyl (C=O) groups excluding carboxylic acids is 1. The van der Waals surface area contributed by atoms with Crippen LogP contribution in [0.5, 0.6) is 0 Å². The van der Waals surface area contributed by atoms with Crippen molar-refractivity contribution in [3.63, 3.8) is 0 Å². The number of aryl methyl sites for hydroxylation is 1. The zero-order chi connectivity index (χ0) is 12.9. The predicted octanol–water partition coefficient (Wildman–Crippen LogP) is 0.701. The zero-order valence-electron chi connectivity index (χ0n) is 9.76. The van der Waals surface area contributed by atoms with Crippen molar-refractivity contribution in [3.8, 4) is 0 Å². The van der Waals surface area contributed by atoms with Crippen molar-refractivity contribution in [2.45, 2.75) is 6.92 Å². The molecule has 0 heterocycles. The molecule has 6 heteroatoms. The Kier molecular flexibility index (Phi) is 4.65. The number of rotatable bonds is 5. The fraction of sp³-hybridized carbons (Fsp3) is 0.364. The molecule has 0 fully saturated rings. The van der Waals surface area contributed by atoms with Crippen LogP contribution >= 0.6 is 0 Å². The van der Waals surface area contributed by atoms with Gasteiger partial charge in [0.25, 0.3) is 16.0 Å². The van der Waals surface area contributed by atoms with Gasteiger partial charge in [-0.3, -0.25) is 8.98 Å². The molecular weight excluding hydrogens is 242 g/mol. The summed E-state index contributed by atoms with van der Waals surface area (Å²) in [6.07, 6.45) is 0. The van der Waals surface area contributed by atoms with E-state index in [2.05, 4.69) is 9.50 Å². The molecule has 0 unspecified atom stereocenters. The molecule has 0 spiro atoms. The van der Waals surface area contributed by atoms with Crippen molar-refractivity contribution < 1.29 is 17.4 Å². The molecule has 0 aliphatic heterocycles. The van der Waals surface area contributed by atoms with Gasteiger partial charge in [0, 0.05) is 12.1 Å². The second kappa shape index (κ2) is 5.79. The van der Waals surface area contributed by atoms with Gasteiger partial charge in [0.2, 0.25) is 0 Å². The molecule has 0 bridgehead atoms. The van der Waals surface area contributed by atoms with Gasteiger partial charge in [-0.1, -0.05) is 17.7 Å². The van der Waals surface area contributed by atoms with Crippen molar-refractivity contribution >= 4 is 16.0 Å². The molecule has 0 atom stereocenters. The summed E-state index contributed by atoms with van der Waals surface area (Å²) in [6.45, 7) is 1.95. The third kappa shape index (κ3) is 4.54. The summed E-state index contributed by atoms with van der Waals surface area (Å²) in [5, 5.41) is 2.51. The third-order valence-corrected chi connectivity index (χ3v) is 3.42. The average molecular weight is 257 g/mol. The third-order valence-electron chi connectivity index (χ3n) is 2.21. The minimum atomic E-state index is -3.52. The van der Waals surface area contributed by atoms with Gasteiger partial charge in [0.1, 0.15) is 0 Å². The lowest BCUT2D eigenvalue weighted by atomic mass is 10.1. The first kappa shape index (κ1) is 13.7. The van der Waals surface area contributed by atoms with Gasteiger partial charge in [0.05, 0.1) is 12.9 Å². The number of carbonyl (C=O) groups is 1. The average Bonchev–Trinajstić information content (AvgIpc) is 2.29. The minimum Gasteiger partial charge on any atom is -0.351 e.